The lowest BCUT2D eigenvalue weighted by molar-refractivity contribution is -0.139. The third kappa shape index (κ3) is 4.32. The van der Waals surface area contributed by atoms with E-state index in [-0.39, 0.29) is 16.4 Å². The van der Waals surface area contributed by atoms with E-state index in [2.05, 4.69) is 4.74 Å². The highest BCUT2D eigenvalue weighted by Gasteiger charge is 2.20. The van der Waals surface area contributed by atoms with Gasteiger partial charge in [-0.1, -0.05) is 0 Å². The molecule has 0 radical (unpaired) electrons. The van der Waals surface area contributed by atoms with Crippen LogP contribution in [0.1, 0.15) is 6.92 Å². The lowest BCUT2D eigenvalue weighted by atomic mass is 10.4. The van der Waals surface area contributed by atoms with Gasteiger partial charge in [0.05, 0.1) is 16.4 Å². The topological polar surface area (TPSA) is 94.6 Å². The molecule has 0 heterocycles. The molecule has 0 aromatic heterocycles. The van der Waals surface area contributed by atoms with Gasteiger partial charge in [-0.15, -0.1) is 0 Å². The number of rotatable bonds is 5. The molecule has 0 aliphatic rings. The summed E-state index contributed by atoms with van der Waals surface area (Å²) >= 11 is 0. The van der Waals surface area contributed by atoms with Gasteiger partial charge in [0.25, 0.3) is 0 Å². The van der Waals surface area contributed by atoms with Gasteiger partial charge < -0.3 is 4.74 Å². The van der Waals surface area contributed by atoms with Crippen molar-refractivity contribution in [3.63, 3.8) is 0 Å². The van der Waals surface area contributed by atoms with Crippen molar-refractivity contribution in [1.82, 2.24) is 0 Å². The lowest BCUT2D eigenvalue weighted by Gasteiger charge is -2.05. The zero-order valence-corrected chi connectivity index (χ0v) is 12.1. The van der Waals surface area contributed by atoms with E-state index in [0.29, 0.717) is 0 Å². The number of hydrogen-bond acceptors (Lipinski definition) is 6. The molecule has 0 amide bonds. The Kier molecular flexibility index (Phi) is 4.70. The Bertz CT molecular complexity index is 656. The van der Waals surface area contributed by atoms with E-state index in [9.17, 15) is 21.6 Å². The van der Waals surface area contributed by atoms with Crippen molar-refractivity contribution in [3.8, 4) is 0 Å². The summed E-state index contributed by atoms with van der Waals surface area (Å²) < 4.78 is 50.7. The van der Waals surface area contributed by atoms with Gasteiger partial charge in [-0.3, -0.25) is 4.79 Å². The standard InChI is InChI=1S/C11H14O6S2/c1-3-17-11(12)8-19(15,16)10-6-4-9(5-7-10)18(2,13)14/h4-7H,3,8H2,1-2H3. The first kappa shape index (κ1) is 15.6. The van der Waals surface area contributed by atoms with Gasteiger partial charge in [0.2, 0.25) is 0 Å². The van der Waals surface area contributed by atoms with Crippen LogP contribution in [0.15, 0.2) is 34.1 Å². The molecule has 0 unspecified atom stereocenters. The molecule has 0 aliphatic carbocycles. The molecule has 0 atom stereocenters. The predicted molar refractivity (Wildman–Crippen MR) is 68.2 cm³/mol. The largest absolute Gasteiger partial charge is 0.465 e. The molecular formula is C11H14O6S2. The summed E-state index contributed by atoms with van der Waals surface area (Å²) in [5.74, 6) is -1.60. The maximum absolute atomic E-state index is 11.8. The highest BCUT2D eigenvalue weighted by atomic mass is 32.2. The molecule has 0 bridgehead atoms. The summed E-state index contributed by atoms with van der Waals surface area (Å²) in [6, 6.07) is 4.69. The van der Waals surface area contributed by atoms with Gasteiger partial charge in [-0.25, -0.2) is 16.8 Å². The Morgan fingerprint density at radius 1 is 1.05 bits per heavy atom. The van der Waals surface area contributed by atoms with E-state index >= 15 is 0 Å². The van der Waals surface area contributed by atoms with Crippen LogP contribution in [0, 0.1) is 0 Å². The second kappa shape index (κ2) is 5.70. The highest BCUT2D eigenvalue weighted by Crippen LogP contribution is 2.15. The number of carbonyl (C=O) groups is 1. The van der Waals surface area contributed by atoms with Gasteiger partial charge in [0.15, 0.2) is 25.4 Å². The van der Waals surface area contributed by atoms with Crippen LogP contribution in [0.4, 0.5) is 0 Å². The number of ether oxygens (including phenoxy) is 1. The second-order valence-corrected chi connectivity index (χ2v) is 7.81. The number of sulfone groups is 2. The van der Waals surface area contributed by atoms with Crippen LogP contribution in [0.2, 0.25) is 0 Å². The molecule has 1 aromatic rings. The third-order valence-electron chi connectivity index (χ3n) is 2.22. The van der Waals surface area contributed by atoms with E-state index in [1.807, 2.05) is 0 Å². The van der Waals surface area contributed by atoms with Crippen LogP contribution >= 0.6 is 0 Å². The average Bonchev–Trinajstić information content (AvgIpc) is 2.27. The van der Waals surface area contributed by atoms with Gasteiger partial charge in [-0.2, -0.15) is 0 Å². The van der Waals surface area contributed by atoms with Crippen molar-refractivity contribution in [2.24, 2.45) is 0 Å². The van der Waals surface area contributed by atoms with Crippen LogP contribution in [0.5, 0.6) is 0 Å². The maximum atomic E-state index is 11.8. The van der Waals surface area contributed by atoms with Gasteiger partial charge in [0.1, 0.15) is 0 Å². The molecular weight excluding hydrogens is 292 g/mol. The molecule has 0 saturated heterocycles. The molecule has 8 heteroatoms. The van der Waals surface area contributed by atoms with Crippen molar-refractivity contribution in [2.45, 2.75) is 16.7 Å². The van der Waals surface area contributed by atoms with Crippen LogP contribution in [-0.2, 0) is 29.2 Å². The molecule has 0 N–H and O–H groups in total. The normalized spacial score (nSPS) is 12.1. The Balaban J connectivity index is 3.01. The molecule has 19 heavy (non-hydrogen) atoms. The lowest BCUT2D eigenvalue weighted by Crippen LogP contribution is -2.18. The molecule has 0 saturated carbocycles. The van der Waals surface area contributed by atoms with E-state index in [0.717, 1.165) is 18.4 Å². The number of benzene rings is 1. The van der Waals surface area contributed by atoms with Crippen molar-refractivity contribution >= 4 is 25.6 Å². The van der Waals surface area contributed by atoms with Crippen molar-refractivity contribution in [2.75, 3.05) is 18.6 Å². The predicted octanol–water partition coefficient (Wildman–Crippen LogP) is 0.427. The number of carbonyl (C=O) groups excluding carboxylic acids is 1. The van der Waals surface area contributed by atoms with Gasteiger partial charge in [-0.05, 0) is 31.2 Å². The number of esters is 1. The maximum Gasteiger partial charge on any atom is 0.321 e. The summed E-state index contributed by atoms with van der Waals surface area (Å²) in [7, 11) is -7.20. The van der Waals surface area contributed by atoms with E-state index in [1.165, 1.54) is 12.1 Å². The van der Waals surface area contributed by atoms with Crippen LogP contribution in [0.3, 0.4) is 0 Å². The SMILES string of the molecule is CCOC(=O)CS(=O)(=O)c1ccc(S(C)(=O)=O)cc1. The van der Waals surface area contributed by atoms with E-state index < -0.39 is 31.4 Å². The Hall–Kier alpha value is -1.41. The zero-order valence-electron chi connectivity index (χ0n) is 10.5. The average molecular weight is 306 g/mol. The Morgan fingerprint density at radius 2 is 1.53 bits per heavy atom. The summed E-state index contributed by atoms with van der Waals surface area (Å²) in [5, 5.41) is 0. The first-order valence-corrected chi connectivity index (χ1v) is 8.89. The van der Waals surface area contributed by atoms with E-state index in [1.54, 1.807) is 6.92 Å². The fourth-order valence-corrected chi connectivity index (χ4v) is 3.08. The van der Waals surface area contributed by atoms with Crippen LogP contribution in [-0.4, -0.2) is 41.4 Å². The minimum Gasteiger partial charge on any atom is -0.465 e. The van der Waals surface area contributed by atoms with Crippen LogP contribution < -0.4 is 0 Å². The molecule has 1 rings (SSSR count). The minimum atomic E-state index is -3.81. The molecule has 0 aliphatic heterocycles. The van der Waals surface area contributed by atoms with Crippen molar-refractivity contribution in [3.05, 3.63) is 24.3 Å². The summed E-state index contributed by atoms with van der Waals surface area (Å²) in [6.45, 7) is 1.67. The minimum absolute atomic E-state index is 0.0163. The quantitative estimate of drug-likeness (QED) is 0.732. The summed E-state index contributed by atoms with van der Waals surface area (Å²) in [5.41, 5.74) is 0. The molecule has 1 aromatic carbocycles. The fraction of sp³-hybridized carbons (Fsp3) is 0.364. The monoisotopic (exact) mass is 306 g/mol. The smallest absolute Gasteiger partial charge is 0.321 e. The van der Waals surface area contributed by atoms with Crippen molar-refractivity contribution < 1.29 is 26.4 Å². The molecule has 0 spiro atoms. The van der Waals surface area contributed by atoms with Gasteiger partial charge in [0, 0.05) is 6.26 Å². The summed E-state index contributed by atoms with van der Waals surface area (Å²) in [6.07, 6.45) is 1.02. The second-order valence-electron chi connectivity index (χ2n) is 3.81. The molecule has 0 fully saturated rings. The zero-order chi connectivity index (χ0) is 14.7. The fourth-order valence-electron chi connectivity index (χ4n) is 1.34. The molecule has 106 valence electrons. The van der Waals surface area contributed by atoms with Gasteiger partial charge >= 0.3 is 5.97 Å². The Labute approximate surface area is 112 Å². The first-order valence-electron chi connectivity index (χ1n) is 5.35. The van der Waals surface area contributed by atoms with Crippen molar-refractivity contribution in [1.29, 1.82) is 0 Å². The van der Waals surface area contributed by atoms with E-state index in [4.69, 9.17) is 0 Å². The summed E-state index contributed by atoms with van der Waals surface area (Å²) in [4.78, 5) is 11.1. The number of hydrogen-bond donors (Lipinski definition) is 0. The first-order chi connectivity index (χ1) is 8.66. The Morgan fingerprint density at radius 3 is 1.95 bits per heavy atom. The molecule has 6 nitrogen and oxygen atoms in total. The third-order valence-corrected chi connectivity index (χ3v) is 4.96. The highest BCUT2D eigenvalue weighted by molar-refractivity contribution is 7.92. The van der Waals surface area contributed by atoms with Crippen LogP contribution in [0.25, 0.3) is 0 Å².